The van der Waals surface area contributed by atoms with Crippen molar-refractivity contribution in [1.82, 2.24) is 0 Å². The van der Waals surface area contributed by atoms with Crippen LogP contribution in [0.2, 0.25) is 0 Å². The lowest BCUT2D eigenvalue weighted by atomic mass is 10.0. The first-order valence-electron chi connectivity index (χ1n) is 12.2. The van der Waals surface area contributed by atoms with Gasteiger partial charge in [-0.25, -0.2) is 4.79 Å². The van der Waals surface area contributed by atoms with Gasteiger partial charge in [0.2, 0.25) is 5.91 Å². The Morgan fingerprint density at radius 2 is 1.62 bits per heavy atom. The molecule has 0 saturated carbocycles. The van der Waals surface area contributed by atoms with Crippen LogP contribution >= 0.6 is 11.3 Å². The van der Waals surface area contributed by atoms with Crippen molar-refractivity contribution >= 4 is 34.3 Å². The van der Waals surface area contributed by atoms with Crippen molar-refractivity contribution in [2.24, 2.45) is 0 Å². The number of nitrogens with one attached hydrogen (secondary N) is 1. The SMILES string of the molecule is CCOC(=O)c1c(-c2ccc(CC)cc2)csc1NC(=O)C=Cc1ccc(OCc2ccccc2)cc1. The molecule has 0 radical (unpaired) electrons. The van der Waals surface area contributed by atoms with Gasteiger partial charge in [-0.2, -0.15) is 0 Å². The number of aryl methyl sites for hydroxylation is 1. The van der Waals surface area contributed by atoms with Crippen LogP contribution in [0.3, 0.4) is 0 Å². The molecule has 0 saturated heterocycles. The van der Waals surface area contributed by atoms with E-state index in [2.05, 4.69) is 12.2 Å². The minimum atomic E-state index is -0.455. The summed E-state index contributed by atoms with van der Waals surface area (Å²) < 4.78 is 11.1. The van der Waals surface area contributed by atoms with Crippen LogP contribution in [0, 0.1) is 0 Å². The number of carbonyl (C=O) groups excluding carboxylic acids is 2. The van der Waals surface area contributed by atoms with Gasteiger partial charge >= 0.3 is 5.97 Å². The molecule has 37 heavy (non-hydrogen) atoms. The van der Waals surface area contributed by atoms with Gasteiger partial charge in [-0.1, -0.05) is 73.7 Å². The average molecular weight is 512 g/mol. The highest BCUT2D eigenvalue weighted by atomic mass is 32.1. The minimum absolute atomic E-state index is 0.251. The predicted molar refractivity (Wildman–Crippen MR) is 150 cm³/mol. The second kappa shape index (κ2) is 12.7. The van der Waals surface area contributed by atoms with Crippen LogP contribution in [0.15, 0.2) is 90.3 Å². The third-order valence-electron chi connectivity index (χ3n) is 5.74. The highest BCUT2D eigenvalue weighted by molar-refractivity contribution is 7.15. The maximum Gasteiger partial charge on any atom is 0.341 e. The standard InChI is InChI=1S/C31H29NO4S/c1-3-22-10-15-25(16-11-22)27-21-37-30(29(27)31(34)35-4-2)32-28(33)19-14-23-12-17-26(18-13-23)36-20-24-8-6-5-7-9-24/h5-19,21H,3-4,20H2,1-2H3,(H,32,33). The van der Waals surface area contributed by atoms with Gasteiger partial charge < -0.3 is 14.8 Å². The minimum Gasteiger partial charge on any atom is -0.489 e. The van der Waals surface area contributed by atoms with Crippen molar-refractivity contribution in [2.75, 3.05) is 11.9 Å². The number of amides is 1. The van der Waals surface area contributed by atoms with Crippen LogP contribution in [0.25, 0.3) is 17.2 Å². The number of anilines is 1. The molecule has 5 nitrogen and oxygen atoms in total. The number of rotatable bonds is 10. The summed E-state index contributed by atoms with van der Waals surface area (Å²) in [6.45, 7) is 4.60. The molecular formula is C31H29NO4S. The summed E-state index contributed by atoms with van der Waals surface area (Å²) in [5.41, 5.74) is 5.19. The lowest BCUT2D eigenvalue weighted by molar-refractivity contribution is -0.111. The molecule has 0 fully saturated rings. The summed E-state index contributed by atoms with van der Waals surface area (Å²) >= 11 is 1.31. The van der Waals surface area contributed by atoms with Gasteiger partial charge in [-0.3, -0.25) is 4.79 Å². The Morgan fingerprint density at radius 3 is 2.30 bits per heavy atom. The number of benzene rings is 3. The van der Waals surface area contributed by atoms with Crippen molar-refractivity contribution in [2.45, 2.75) is 26.9 Å². The van der Waals surface area contributed by atoms with Crippen molar-refractivity contribution in [3.63, 3.8) is 0 Å². The number of carbonyl (C=O) groups is 2. The molecule has 6 heteroatoms. The zero-order valence-corrected chi connectivity index (χ0v) is 21.7. The van der Waals surface area contributed by atoms with Crippen LogP contribution < -0.4 is 10.1 Å². The fourth-order valence-corrected chi connectivity index (χ4v) is 4.69. The predicted octanol–water partition coefficient (Wildman–Crippen LogP) is 7.39. The van der Waals surface area contributed by atoms with Gasteiger partial charge in [0.15, 0.2) is 0 Å². The van der Waals surface area contributed by atoms with Crippen LogP contribution in [0.1, 0.15) is 40.9 Å². The van der Waals surface area contributed by atoms with Crippen LogP contribution in [-0.4, -0.2) is 18.5 Å². The summed E-state index contributed by atoms with van der Waals surface area (Å²) in [7, 11) is 0. The van der Waals surface area contributed by atoms with Gasteiger partial charge in [-0.15, -0.1) is 11.3 Å². The van der Waals surface area contributed by atoms with Crippen molar-refractivity contribution < 1.29 is 19.1 Å². The lowest BCUT2D eigenvalue weighted by Crippen LogP contribution is -2.12. The van der Waals surface area contributed by atoms with E-state index in [-0.39, 0.29) is 12.5 Å². The second-order valence-electron chi connectivity index (χ2n) is 8.29. The molecule has 0 spiro atoms. The quantitative estimate of drug-likeness (QED) is 0.178. The van der Waals surface area contributed by atoms with E-state index < -0.39 is 5.97 Å². The Balaban J connectivity index is 1.43. The largest absolute Gasteiger partial charge is 0.489 e. The summed E-state index contributed by atoms with van der Waals surface area (Å²) in [6, 6.07) is 25.5. The van der Waals surface area contributed by atoms with Gasteiger partial charge in [0, 0.05) is 17.0 Å². The van der Waals surface area contributed by atoms with Crippen LogP contribution in [0.5, 0.6) is 5.75 Å². The fraction of sp³-hybridized carbons (Fsp3) is 0.161. The lowest BCUT2D eigenvalue weighted by Gasteiger charge is -2.08. The first-order chi connectivity index (χ1) is 18.1. The van der Waals surface area contributed by atoms with E-state index in [1.807, 2.05) is 84.2 Å². The molecule has 4 rings (SSSR count). The molecule has 0 unspecified atom stereocenters. The van der Waals surface area contributed by atoms with Crippen molar-refractivity contribution in [3.8, 4) is 16.9 Å². The molecule has 4 aromatic rings. The Kier molecular flexibility index (Phi) is 8.89. The number of ether oxygens (including phenoxy) is 2. The Hall–Kier alpha value is -4.16. The summed E-state index contributed by atoms with van der Waals surface area (Å²) in [4.78, 5) is 25.5. The molecule has 188 valence electrons. The van der Waals surface area contributed by atoms with Gasteiger partial charge in [0.05, 0.1) is 6.61 Å². The molecule has 1 amide bonds. The zero-order valence-electron chi connectivity index (χ0n) is 20.9. The number of hydrogen-bond acceptors (Lipinski definition) is 5. The highest BCUT2D eigenvalue weighted by Crippen LogP contribution is 2.36. The molecule has 1 heterocycles. The van der Waals surface area contributed by atoms with E-state index in [9.17, 15) is 9.59 Å². The molecule has 0 atom stereocenters. The van der Waals surface area contributed by atoms with Gasteiger partial charge in [-0.05, 0) is 53.8 Å². The fourth-order valence-electron chi connectivity index (χ4n) is 3.73. The third-order valence-corrected chi connectivity index (χ3v) is 6.63. The van der Waals surface area contributed by atoms with E-state index in [1.54, 1.807) is 13.0 Å². The summed E-state index contributed by atoms with van der Waals surface area (Å²) in [6.07, 6.45) is 4.11. The Bertz CT molecular complexity index is 1360. The first-order valence-corrected chi connectivity index (χ1v) is 13.1. The molecule has 0 aliphatic carbocycles. The normalized spacial score (nSPS) is 10.9. The first kappa shape index (κ1) is 25.9. The zero-order chi connectivity index (χ0) is 26.0. The smallest absolute Gasteiger partial charge is 0.341 e. The maximum absolute atomic E-state index is 12.8. The second-order valence-corrected chi connectivity index (χ2v) is 9.17. The molecule has 0 bridgehead atoms. The third kappa shape index (κ3) is 6.96. The molecular weight excluding hydrogens is 482 g/mol. The van der Waals surface area contributed by atoms with Crippen LogP contribution in [0.4, 0.5) is 5.00 Å². The monoisotopic (exact) mass is 511 g/mol. The Labute approximate surface area is 221 Å². The maximum atomic E-state index is 12.8. The van der Waals surface area contributed by atoms with Gasteiger partial charge in [0.25, 0.3) is 0 Å². The summed E-state index contributed by atoms with van der Waals surface area (Å²) in [5.74, 6) is -0.0315. The van der Waals surface area contributed by atoms with E-state index in [4.69, 9.17) is 9.47 Å². The van der Waals surface area contributed by atoms with Crippen molar-refractivity contribution in [3.05, 3.63) is 113 Å². The Morgan fingerprint density at radius 1 is 0.892 bits per heavy atom. The number of thiophene rings is 1. The molecule has 1 aromatic heterocycles. The van der Waals surface area contributed by atoms with E-state index in [1.165, 1.54) is 23.0 Å². The van der Waals surface area contributed by atoms with Gasteiger partial charge in [0.1, 0.15) is 22.9 Å². The summed E-state index contributed by atoms with van der Waals surface area (Å²) in [5, 5.41) is 5.19. The number of esters is 1. The average Bonchev–Trinajstić information content (AvgIpc) is 3.35. The molecule has 0 aliphatic rings. The van der Waals surface area contributed by atoms with E-state index >= 15 is 0 Å². The van der Waals surface area contributed by atoms with Crippen molar-refractivity contribution in [1.29, 1.82) is 0 Å². The van der Waals surface area contributed by atoms with E-state index in [0.717, 1.165) is 34.4 Å². The number of hydrogen-bond donors (Lipinski definition) is 1. The molecule has 3 aromatic carbocycles. The topological polar surface area (TPSA) is 64.6 Å². The highest BCUT2D eigenvalue weighted by Gasteiger charge is 2.22. The molecule has 1 N–H and O–H groups in total. The van der Waals surface area contributed by atoms with Crippen LogP contribution in [-0.2, 0) is 22.6 Å². The molecule has 0 aliphatic heterocycles. The van der Waals surface area contributed by atoms with E-state index in [0.29, 0.717) is 17.2 Å².